The van der Waals surface area contributed by atoms with E-state index in [1.807, 2.05) is 25.1 Å². The molecule has 0 saturated carbocycles. The van der Waals surface area contributed by atoms with E-state index in [1.54, 1.807) is 11.3 Å². The Morgan fingerprint density at radius 3 is 2.71 bits per heavy atom. The minimum atomic E-state index is 0.255. The summed E-state index contributed by atoms with van der Waals surface area (Å²) in [6.45, 7) is 4.15. The average Bonchev–Trinajstić information content (AvgIpc) is 2.72. The normalized spacial score (nSPS) is 12.5. The third-order valence-corrected chi connectivity index (χ3v) is 4.89. The standard InChI is InChI=1S/C13H13BrClNS/c1-8-4-3-5-10(13(8)15)16-9(2)11-6-7-12(14)17-11/h3-7,9,16H,1-2H3. The van der Waals surface area contributed by atoms with Crippen molar-refractivity contribution >= 4 is 44.6 Å². The van der Waals surface area contributed by atoms with E-state index >= 15 is 0 Å². The van der Waals surface area contributed by atoms with Gasteiger partial charge in [0.15, 0.2) is 0 Å². The van der Waals surface area contributed by atoms with Crippen LogP contribution in [-0.2, 0) is 0 Å². The highest BCUT2D eigenvalue weighted by atomic mass is 79.9. The summed E-state index contributed by atoms with van der Waals surface area (Å²) >= 11 is 11.5. The van der Waals surface area contributed by atoms with Gasteiger partial charge >= 0.3 is 0 Å². The topological polar surface area (TPSA) is 12.0 Å². The number of hydrogen-bond donors (Lipinski definition) is 1. The fraction of sp³-hybridized carbons (Fsp3) is 0.231. The molecule has 1 unspecified atom stereocenters. The molecule has 2 rings (SSSR count). The van der Waals surface area contributed by atoms with Crippen LogP contribution in [0.1, 0.15) is 23.4 Å². The van der Waals surface area contributed by atoms with Crippen LogP contribution in [0.25, 0.3) is 0 Å². The molecule has 1 aromatic carbocycles. The lowest BCUT2D eigenvalue weighted by atomic mass is 10.2. The van der Waals surface area contributed by atoms with E-state index in [1.165, 1.54) is 4.88 Å². The molecule has 0 radical (unpaired) electrons. The molecule has 0 fully saturated rings. The molecule has 0 saturated heterocycles. The van der Waals surface area contributed by atoms with Gasteiger partial charge in [0, 0.05) is 4.88 Å². The van der Waals surface area contributed by atoms with E-state index in [2.05, 4.69) is 40.3 Å². The number of rotatable bonds is 3. The van der Waals surface area contributed by atoms with Gasteiger partial charge in [0.2, 0.25) is 0 Å². The zero-order chi connectivity index (χ0) is 12.4. The molecule has 1 heterocycles. The lowest BCUT2D eigenvalue weighted by Gasteiger charge is -2.15. The second kappa shape index (κ2) is 5.42. The van der Waals surface area contributed by atoms with E-state index in [-0.39, 0.29) is 6.04 Å². The first-order valence-electron chi connectivity index (χ1n) is 5.35. The molecule has 0 aliphatic heterocycles. The average molecular weight is 331 g/mol. The maximum atomic E-state index is 6.26. The van der Waals surface area contributed by atoms with Crippen LogP contribution in [0.2, 0.25) is 5.02 Å². The molecule has 0 spiro atoms. The Labute approximate surface area is 119 Å². The molecule has 2 aromatic rings. The fourth-order valence-electron chi connectivity index (χ4n) is 1.62. The fourth-order valence-corrected chi connectivity index (χ4v) is 3.23. The number of halogens is 2. The highest BCUT2D eigenvalue weighted by Gasteiger charge is 2.10. The van der Waals surface area contributed by atoms with E-state index in [0.29, 0.717) is 0 Å². The van der Waals surface area contributed by atoms with Gasteiger partial charge in [-0.1, -0.05) is 23.7 Å². The van der Waals surface area contributed by atoms with Crippen molar-refractivity contribution in [1.82, 2.24) is 0 Å². The van der Waals surface area contributed by atoms with Crippen molar-refractivity contribution in [2.24, 2.45) is 0 Å². The molecular formula is C13H13BrClNS. The summed E-state index contributed by atoms with van der Waals surface area (Å²) in [6.07, 6.45) is 0. The predicted molar refractivity (Wildman–Crippen MR) is 80.2 cm³/mol. The van der Waals surface area contributed by atoms with Crippen LogP contribution in [0.3, 0.4) is 0 Å². The summed E-state index contributed by atoms with van der Waals surface area (Å²) in [6, 6.07) is 10.5. The smallest absolute Gasteiger partial charge is 0.0702 e. The molecule has 0 amide bonds. The first-order valence-corrected chi connectivity index (χ1v) is 7.33. The SMILES string of the molecule is Cc1cccc(NC(C)c2ccc(Br)s2)c1Cl. The number of nitrogens with one attached hydrogen (secondary N) is 1. The summed E-state index contributed by atoms with van der Waals surface area (Å²) in [5, 5.41) is 4.24. The van der Waals surface area contributed by atoms with E-state index in [9.17, 15) is 0 Å². The van der Waals surface area contributed by atoms with E-state index in [4.69, 9.17) is 11.6 Å². The van der Waals surface area contributed by atoms with Crippen LogP contribution in [0.4, 0.5) is 5.69 Å². The second-order valence-electron chi connectivity index (χ2n) is 3.94. The summed E-state index contributed by atoms with van der Waals surface area (Å²) < 4.78 is 1.15. The highest BCUT2D eigenvalue weighted by Crippen LogP contribution is 2.32. The lowest BCUT2D eigenvalue weighted by molar-refractivity contribution is 0.908. The Morgan fingerprint density at radius 2 is 2.06 bits per heavy atom. The molecule has 1 N–H and O–H groups in total. The van der Waals surface area contributed by atoms with Gasteiger partial charge in [-0.15, -0.1) is 11.3 Å². The maximum Gasteiger partial charge on any atom is 0.0702 e. The minimum absolute atomic E-state index is 0.255. The summed E-state index contributed by atoms with van der Waals surface area (Å²) in [4.78, 5) is 1.29. The van der Waals surface area contributed by atoms with Crippen molar-refractivity contribution < 1.29 is 0 Å². The largest absolute Gasteiger partial charge is 0.376 e. The number of thiophene rings is 1. The van der Waals surface area contributed by atoms with Gasteiger partial charge in [-0.2, -0.15) is 0 Å². The zero-order valence-electron chi connectivity index (χ0n) is 9.63. The molecular weight excluding hydrogens is 318 g/mol. The molecule has 4 heteroatoms. The third-order valence-electron chi connectivity index (χ3n) is 2.58. The predicted octanol–water partition coefficient (Wildman–Crippen LogP) is 5.65. The van der Waals surface area contributed by atoms with Crippen LogP contribution >= 0.6 is 38.9 Å². The van der Waals surface area contributed by atoms with Crippen LogP contribution in [0, 0.1) is 6.92 Å². The molecule has 0 aliphatic carbocycles. The zero-order valence-corrected chi connectivity index (χ0v) is 12.8. The number of aryl methyl sites for hydroxylation is 1. The lowest BCUT2D eigenvalue weighted by Crippen LogP contribution is -2.05. The minimum Gasteiger partial charge on any atom is -0.376 e. The molecule has 1 aromatic heterocycles. The van der Waals surface area contributed by atoms with Gasteiger partial charge in [-0.25, -0.2) is 0 Å². The Morgan fingerprint density at radius 1 is 1.29 bits per heavy atom. The summed E-state index contributed by atoms with van der Waals surface area (Å²) in [5.74, 6) is 0. The van der Waals surface area contributed by atoms with Gasteiger partial charge < -0.3 is 5.32 Å². The number of benzene rings is 1. The second-order valence-corrected chi connectivity index (χ2v) is 6.82. The van der Waals surface area contributed by atoms with Crippen molar-refractivity contribution in [3.05, 3.63) is 49.6 Å². The van der Waals surface area contributed by atoms with Crippen molar-refractivity contribution in [2.75, 3.05) is 5.32 Å². The van der Waals surface area contributed by atoms with Crippen molar-refractivity contribution in [3.63, 3.8) is 0 Å². The van der Waals surface area contributed by atoms with Crippen molar-refractivity contribution in [3.8, 4) is 0 Å². The van der Waals surface area contributed by atoms with Gasteiger partial charge in [-0.05, 0) is 53.5 Å². The molecule has 1 atom stereocenters. The summed E-state index contributed by atoms with van der Waals surface area (Å²) in [7, 11) is 0. The number of anilines is 1. The van der Waals surface area contributed by atoms with Gasteiger partial charge in [0.1, 0.15) is 0 Å². The molecule has 17 heavy (non-hydrogen) atoms. The van der Waals surface area contributed by atoms with Crippen LogP contribution in [0.15, 0.2) is 34.1 Å². The first kappa shape index (κ1) is 12.9. The third kappa shape index (κ3) is 3.03. The van der Waals surface area contributed by atoms with Crippen molar-refractivity contribution in [2.45, 2.75) is 19.9 Å². The van der Waals surface area contributed by atoms with Crippen molar-refractivity contribution in [1.29, 1.82) is 0 Å². The van der Waals surface area contributed by atoms with Crippen LogP contribution in [-0.4, -0.2) is 0 Å². The first-order chi connectivity index (χ1) is 8.08. The van der Waals surface area contributed by atoms with E-state index < -0.39 is 0 Å². The molecule has 0 aliphatic rings. The Bertz CT molecular complexity index is 524. The quantitative estimate of drug-likeness (QED) is 0.767. The molecule has 0 bridgehead atoms. The van der Waals surface area contributed by atoms with Gasteiger partial charge in [0.05, 0.1) is 20.5 Å². The van der Waals surface area contributed by atoms with Gasteiger partial charge in [-0.3, -0.25) is 0 Å². The summed E-state index contributed by atoms with van der Waals surface area (Å²) in [5.41, 5.74) is 2.08. The van der Waals surface area contributed by atoms with Gasteiger partial charge in [0.25, 0.3) is 0 Å². The number of hydrogen-bond acceptors (Lipinski definition) is 2. The maximum absolute atomic E-state index is 6.26. The van der Waals surface area contributed by atoms with Crippen LogP contribution < -0.4 is 5.32 Å². The Balaban J connectivity index is 2.18. The highest BCUT2D eigenvalue weighted by molar-refractivity contribution is 9.11. The molecule has 1 nitrogen and oxygen atoms in total. The Kier molecular flexibility index (Phi) is 4.13. The molecule has 90 valence electrons. The van der Waals surface area contributed by atoms with E-state index in [0.717, 1.165) is 20.1 Å². The van der Waals surface area contributed by atoms with Crippen LogP contribution in [0.5, 0.6) is 0 Å². The Hall–Kier alpha value is -0.510. The monoisotopic (exact) mass is 329 g/mol.